The number of hydrogen-bond acceptors (Lipinski definition) is 4. The molecule has 28 heavy (non-hydrogen) atoms. The molecule has 5 nitrogen and oxygen atoms in total. The Labute approximate surface area is 165 Å². The summed E-state index contributed by atoms with van der Waals surface area (Å²) in [4.78, 5) is 16.9. The van der Waals surface area contributed by atoms with E-state index in [9.17, 15) is 9.90 Å². The van der Waals surface area contributed by atoms with Gasteiger partial charge < -0.3 is 14.9 Å². The third-order valence-electron chi connectivity index (χ3n) is 6.42. The van der Waals surface area contributed by atoms with Gasteiger partial charge in [-0.3, -0.25) is 4.79 Å². The van der Waals surface area contributed by atoms with Crippen molar-refractivity contribution in [2.24, 2.45) is 0 Å². The molecular weight excluding hydrogens is 350 g/mol. The Kier molecular flexibility index (Phi) is 4.70. The molecule has 2 aromatic carbocycles. The molecule has 0 saturated carbocycles. The van der Waals surface area contributed by atoms with Gasteiger partial charge in [0.05, 0.1) is 23.8 Å². The molecule has 4 rings (SSSR count). The number of aliphatic hydroxyl groups excluding tert-OH is 1. The van der Waals surface area contributed by atoms with Crippen LogP contribution in [0.5, 0.6) is 0 Å². The van der Waals surface area contributed by atoms with E-state index in [-0.39, 0.29) is 17.4 Å². The minimum absolute atomic E-state index is 0.0224. The first-order valence-electron chi connectivity index (χ1n) is 9.71. The molecular formula is C23H25N3O2. The van der Waals surface area contributed by atoms with Crippen molar-refractivity contribution in [3.8, 4) is 6.07 Å². The molecule has 1 N–H and O–H groups in total. The van der Waals surface area contributed by atoms with E-state index in [2.05, 4.69) is 23.1 Å². The van der Waals surface area contributed by atoms with Gasteiger partial charge in [-0.2, -0.15) is 5.26 Å². The maximum atomic E-state index is 12.9. The van der Waals surface area contributed by atoms with Crippen LogP contribution >= 0.6 is 0 Å². The lowest BCUT2D eigenvalue weighted by Crippen LogP contribution is -2.50. The third kappa shape index (κ3) is 2.81. The van der Waals surface area contributed by atoms with Crippen LogP contribution in [-0.2, 0) is 5.41 Å². The van der Waals surface area contributed by atoms with Crippen LogP contribution in [-0.4, -0.2) is 54.1 Å². The highest BCUT2D eigenvalue weighted by molar-refractivity contribution is 5.94. The lowest BCUT2D eigenvalue weighted by molar-refractivity contribution is -0.00144. The van der Waals surface area contributed by atoms with Crippen LogP contribution < -0.4 is 0 Å². The maximum Gasteiger partial charge on any atom is 0.253 e. The molecule has 2 atom stereocenters. The number of carbonyl (C=O) groups is 1. The van der Waals surface area contributed by atoms with Gasteiger partial charge in [-0.25, -0.2) is 0 Å². The van der Waals surface area contributed by atoms with Gasteiger partial charge in [0, 0.05) is 24.1 Å². The van der Waals surface area contributed by atoms with Crippen molar-refractivity contribution in [3.05, 3.63) is 70.8 Å². The molecule has 0 radical (unpaired) electrons. The van der Waals surface area contributed by atoms with Crippen LogP contribution in [0.1, 0.15) is 45.9 Å². The van der Waals surface area contributed by atoms with E-state index in [1.807, 2.05) is 31.1 Å². The number of nitrogens with zero attached hydrogens (tertiary/aromatic N) is 3. The highest BCUT2D eigenvalue weighted by Crippen LogP contribution is 2.52. The number of rotatable bonds is 2. The lowest BCUT2D eigenvalue weighted by atomic mass is 9.72. The standard InChI is InChI=1S/C23H25N3O2/c1-25(2)20-18-8-3-4-9-19(18)23(21(20)27)10-12-26(13-11-23)22(28)17-7-5-6-16(14-17)15-24/h3-9,14,20-21,27H,10-13H2,1-2H3/t20-,21+/m1/s1. The fourth-order valence-corrected chi connectivity index (χ4v) is 4.98. The van der Waals surface area contributed by atoms with Gasteiger partial charge >= 0.3 is 0 Å². The number of nitriles is 1. The van der Waals surface area contributed by atoms with Gasteiger partial charge in [-0.05, 0) is 56.3 Å². The number of aliphatic hydroxyl groups is 1. The van der Waals surface area contributed by atoms with Gasteiger partial charge in [0.15, 0.2) is 0 Å². The van der Waals surface area contributed by atoms with Crippen molar-refractivity contribution < 1.29 is 9.90 Å². The van der Waals surface area contributed by atoms with E-state index >= 15 is 0 Å². The molecule has 2 aliphatic rings. The normalized spacial score (nSPS) is 22.9. The summed E-state index contributed by atoms with van der Waals surface area (Å²) in [6.45, 7) is 1.20. The van der Waals surface area contributed by atoms with Crippen molar-refractivity contribution in [3.63, 3.8) is 0 Å². The Morgan fingerprint density at radius 2 is 1.89 bits per heavy atom. The fraction of sp³-hybridized carbons (Fsp3) is 0.391. The van der Waals surface area contributed by atoms with Crippen LogP contribution in [0.4, 0.5) is 0 Å². The number of carbonyl (C=O) groups excluding carboxylic acids is 1. The largest absolute Gasteiger partial charge is 0.390 e. The second-order valence-corrected chi connectivity index (χ2v) is 8.08. The summed E-state index contributed by atoms with van der Waals surface area (Å²) in [5, 5.41) is 20.4. The number of likely N-dealkylation sites (N-methyl/N-ethyl adjacent to an activating group) is 1. The number of piperidine rings is 1. The second kappa shape index (κ2) is 7.05. The van der Waals surface area contributed by atoms with E-state index in [0.29, 0.717) is 24.2 Å². The molecule has 1 amide bonds. The monoisotopic (exact) mass is 375 g/mol. The highest BCUT2D eigenvalue weighted by Gasteiger charge is 2.53. The zero-order chi connectivity index (χ0) is 19.9. The van der Waals surface area contributed by atoms with Crippen molar-refractivity contribution in [1.29, 1.82) is 5.26 Å². The molecule has 1 spiro atoms. The summed E-state index contributed by atoms with van der Waals surface area (Å²) in [7, 11) is 4.01. The Morgan fingerprint density at radius 3 is 2.57 bits per heavy atom. The lowest BCUT2D eigenvalue weighted by Gasteiger charge is -2.43. The summed E-state index contributed by atoms with van der Waals surface area (Å²) in [5.74, 6) is -0.0446. The Hall–Kier alpha value is -2.68. The predicted molar refractivity (Wildman–Crippen MR) is 107 cm³/mol. The van der Waals surface area contributed by atoms with E-state index in [1.54, 1.807) is 24.3 Å². The molecule has 0 aromatic heterocycles. The molecule has 5 heteroatoms. The first-order valence-corrected chi connectivity index (χ1v) is 9.71. The minimum Gasteiger partial charge on any atom is -0.390 e. The molecule has 1 fully saturated rings. The second-order valence-electron chi connectivity index (χ2n) is 8.08. The van der Waals surface area contributed by atoms with Gasteiger partial charge in [-0.1, -0.05) is 30.3 Å². The average Bonchev–Trinajstić information content (AvgIpc) is 2.96. The first kappa shape index (κ1) is 18.7. The fourth-order valence-electron chi connectivity index (χ4n) is 4.98. The number of hydrogen-bond donors (Lipinski definition) is 1. The molecule has 1 aliphatic carbocycles. The SMILES string of the molecule is CN(C)[C@@H]1c2ccccc2C2(CCN(C(=O)c3cccc(C#N)c3)CC2)[C@H]1O. The summed E-state index contributed by atoms with van der Waals surface area (Å²) in [5.41, 5.74) is 3.15. The molecule has 1 heterocycles. The average molecular weight is 375 g/mol. The van der Waals surface area contributed by atoms with Crippen molar-refractivity contribution in [2.75, 3.05) is 27.2 Å². The molecule has 2 aromatic rings. The van der Waals surface area contributed by atoms with Crippen LogP contribution in [0.2, 0.25) is 0 Å². The number of fused-ring (bicyclic) bond motifs is 2. The molecule has 0 bridgehead atoms. The Balaban J connectivity index is 1.58. The first-order chi connectivity index (χ1) is 13.5. The highest BCUT2D eigenvalue weighted by atomic mass is 16.3. The van der Waals surface area contributed by atoms with E-state index in [4.69, 9.17) is 5.26 Å². The summed E-state index contributed by atoms with van der Waals surface area (Å²) in [6.07, 6.45) is 0.984. The summed E-state index contributed by atoms with van der Waals surface area (Å²) in [6, 6.07) is 17.2. The number of likely N-dealkylation sites (tertiary alicyclic amines) is 1. The summed E-state index contributed by atoms with van der Waals surface area (Å²) < 4.78 is 0. The van der Waals surface area contributed by atoms with Gasteiger partial charge in [0.2, 0.25) is 0 Å². The predicted octanol–water partition coefficient (Wildman–Crippen LogP) is 2.71. The zero-order valence-electron chi connectivity index (χ0n) is 16.3. The van der Waals surface area contributed by atoms with Gasteiger partial charge in [-0.15, -0.1) is 0 Å². The van der Waals surface area contributed by atoms with E-state index in [0.717, 1.165) is 12.8 Å². The van der Waals surface area contributed by atoms with Gasteiger partial charge in [0.1, 0.15) is 0 Å². The van der Waals surface area contributed by atoms with Crippen molar-refractivity contribution in [2.45, 2.75) is 30.4 Å². The smallest absolute Gasteiger partial charge is 0.253 e. The minimum atomic E-state index is -0.487. The Morgan fingerprint density at radius 1 is 1.18 bits per heavy atom. The van der Waals surface area contributed by atoms with Crippen LogP contribution in [0, 0.1) is 11.3 Å². The van der Waals surface area contributed by atoms with Crippen molar-refractivity contribution in [1.82, 2.24) is 9.80 Å². The quantitative estimate of drug-likeness (QED) is 0.876. The molecule has 1 aliphatic heterocycles. The maximum absolute atomic E-state index is 12.9. The topological polar surface area (TPSA) is 67.6 Å². The third-order valence-corrected chi connectivity index (χ3v) is 6.42. The Bertz CT molecular complexity index is 939. The zero-order valence-corrected chi connectivity index (χ0v) is 16.3. The number of amides is 1. The molecule has 0 unspecified atom stereocenters. The number of benzene rings is 2. The van der Waals surface area contributed by atoms with Gasteiger partial charge in [0.25, 0.3) is 5.91 Å². The van der Waals surface area contributed by atoms with Crippen LogP contribution in [0.15, 0.2) is 48.5 Å². The summed E-state index contributed by atoms with van der Waals surface area (Å²) >= 11 is 0. The molecule has 144 valence electrons. The van der Waals surface area contributed by atoms with E-state index in [1.165, 1.54) is 11.1 Å². The van der Waals surface area contributed by atoms with E-state index < -0.39 is 6.10 Å². The molecule has 1 saturated heterocycles. The van der Waals surface area contributed by atoms with Crippen LogP contribution in [0.3, 0.4) is 0 Å². The van der Waals surface area contributed by atoms with Crippen LogP contribution in [0.25, 0.3) is 0 Å². The van der Waals surface area contributed by atoms with Crippen molar-refractivity contribution >= 4 is 5.91 Å².